The molecule has 3 rings (SSSR count). The van der Waals surface area contributed by atoms with Crippen molar-refractivity contribution in [2.45, 2.75) is 31.7 Å². The van der Waals surface area contributed by atoms with E-state index in [1.54, 1.807) is 18.2 Å². The summed E-state index contributed by atoms with van der Waals surface area (Å²) < 4.78 is 37.5. The Balaban J connectivity index is 1.65. The first-order valence-electron chi connectivity index (χ1n) is 7.19. The van der Waals surface area contributed by atoms with Gasteiger partial charge < -0.3 is 0 Å². The largest absolute Gasteiger partial charge is 0.270 e. The van der Waals surface area contributed by atoms with Gasteiger partial charge in [-0.2, -0.15) is 13.8 Å². The molecule has 1 aromatic carbocycles. The predicted octanol–water partition coefficient (Wildman–Crippen LogP) is 1.87. The number of aromatic nitrogens is 4. The topological polar surface area (TPSA) is 89.8 Å². The van der Waals surface area contributed by atoms with Crippen LogP contribution in [0.1, 0.15) is 17.8 Å². The van der Waals surface area contributed by atoms with Crippen molar-refractivity contribution in [3.05, 3.63) is 35.7 Å². The van der Waals surface area contributed by atoms with Gasteiger partial charge in [-0.1, -0.05) is 6.07 Å². The lowest BCUT2D eigenvalue weighted by Gasteiger charge is -2.08. The predicted molar refractivity (Wildman–Crippen MR) is 88.9 cm³/mol. The fourth-order valence-corrected chi connectivity index (χ4v) is 4.25. The molecule has 0 bridgehead atoms. The van der Waals surface area contributed by atoms with Crippen molar-refractivity contribution in [3.63, 3.8) is 0 Å². The summed E-state index contributed by atoms with van der Waals surface area (Å²) >= 11 is 1.01. The lowest BCUT2D eigenvalue weighted by Crippen LogP contribution is -2.26. The highest BCUT2D eigenvalue weighted by Crippen LogP contribution is 2.20. The van der Waals surface area contributed by atoms with E-state index in [9.17, 15) is 8.42 Å². The van der Waals surface area contributed by atoms with E-state index in [1.165, 1.54) is 0 Å². The van der Waals surface area contributed by atoms with Crippen molar-refractivity contribution in [2.75, 3.05) is 6.54 Å². The van der Waals surface area contributed by atoms with Gasteiger partial charge in [0.05, 0.1) is 17.4 Å². The molecule has 0 radical (unpaired) electrons. The van der Waals surface area contributed by atoms with E-state index in [-0.39, 0.29) is 4.90 Å². The number of hydrogen-bond donors (Lipinski definition) is 1. The van der Waals surface area contributed by atoms with Crippen LogP contribution in [0.25, 0.3) is 11.0 Å². The van der Waals surface area contributed by atoms with E-state index in [0.29, 0.717) is 30.5 Å². The number of rotatable bonds is 6. The van der Waals surface area contributed by atoms with Crippen LogP contribution in [0.2, 0.25) is 0 Å². The maximum Gasteiger partial charge on any atom is 0.242 e. The normalized spacial score (nSPS) is 12.1. The molecule has 0 unspecified atom stereocenters. The second-order valence-electron chi connectivity index (χ2n) is 5.29. The Labute approximate surface area is 138 Å². The van der Waals surface area contributed by atoms with Crippen molar-refractivity contribution >= 4 is 32.8 Å². The van der Waals surface area contributed by atoms with Gasteiger partial charge in [0.2, 0.25) is 10.0 Å². The molecule has 0 aliphatic carbocycles. The monoisotopic (exact) mass is 351 g/mol. The highest BCUT2D eigenvalue weighted by atomic mass is 32.2. The van der Waals surface area contributed by atoms with Gasteiger partial charge in [0, 0.05) is 18.8 Å². The van der Waals surface area contributed by atoms with E-state index < -0.39 is 10.0 Å². The molecule has 1 N–H and O–H groups in total. The van der Waals surface area contributed by atoms with Gasteiger partial charge in [-0.25, -0.2) is 13.1 Å². The number of fused-ring (bicyclic) bond motifs is 1. The van der Waals surface area contributed by atoms with Gasteiger partial charge in [0.1, 0.15) is 15.9 Å². The van der Waals surface area contributed by atoms with E-state index >= 15 is 0 Å². The Morgan fingerprint density at radius 3 is 2.83 bits per heavy atom. The summed E-state index contributed by atoms with van der Waals surface area (Å²) in [6, 6.07) is 6.97. The van der Waals surface area contributed by atoms with Gasteiger partial charge in [0.25, 0.3) is 0 Å². The van der Waals surface area contributed by atoms with Crippen LogP contribution in [0, 0.1) is 13.8 Å². The first kappa shape index (κ1) is 16.0. The SMILES string of the molecule is Cc1cc(C)n(CCCNS(=O)(=O)c2cccc3nsnc23)n1. The fourth-order valence-electron chi connectivity index (χ4n) is 2.41. The van der Waals surface area contributed by atoms with Gasteiger partial charge in [-0.05, 0) is 38.5 Å². The molecule has 9 heteroatoms. The minimum atomic E-state index is -3.59. The van der Waals surface area contributed by atoms with Gasteiger partial charge in [0.15, 0.2) is 0 Å². The quantitative estimate of drug-likeness (QED) is 0.685. The molecule has 0 saturated carbocycles. The summed E-state index contributed by atoms with van der Waals surface area (Å²) in [5, 5.41) is 4.36. The lowest BCUT2D eigenvalue weighted by molar-refractivity contribution is 0.544. The second kappa shape index (κ2) is 6.34. The van der Waals surface area contributed by atoms with Crippen LogP contribution in [0.4, 0.5) is 0 Å². The van der Waals surface area contributed by atoms with Crippen molar-refractivity contribution < 1.29 is 8.42 Å². The number of aryl methyl sites for hydroxylation is 3. The minimum Gasteiger partial charge on any atom is -0.270 e. The number of nitrogens with zero attached hydrogens (tertiary/aromatic N) is 4. The van der Waals surface area contributed by atoms with Crippen LogP contribution < -0.4 is 4.72 Å². The Bertz CT molecular complexity index is 930. The molecule has 0 fully saturated rings. The number of benzene rings is 1. The van der Waals surface area contributed by atoms with Crippen LogP contribution in [0.5, 0.6) is 0 Å². The molecular weight excluding hydrogens is 334 g/mol. The molecule has 0 atom stereocenters. The maximum atomic E-state index is 12.4. The molecule has 7 nitrogen and oxygen atoms in total. The highest BCUT2D eigenvalue weighted by molar-refractivity contribution is 7.89. The summed E-state index contributed by atoms with van der Waals surface area (Å²) in [5.41, 5.74) is 3.05. The molecule has 0 aliphatic heterocycles. The zero-order chi connectivity index (χ0) is 16.4. The molecule has 0 aliphatic rings. The molecule has 122 valence electrons. The summed E-state index contributed by atoms with van der Waals surface area (Å²) in [6.45, 7) is 4.94. The lowest BCUT2D eigenvalue weighted by atomic mass is 10.3. The van der Waals surface area contributed by atoms with Crippen LogP contribution in [-0.2, 0) is 16.6 Å². The summed E-state index contributed by atoms with van der Waals surface area (Å²) in [5.74, 6) is 0. The Morgan fingerprint density at radius 1 is 1.26 bits per heavy atom. The van der Waals surface area contributed by atoms with Crippen molar-refractivity contribution in [2.24, 2.45) is 0 Å². The molecule has 0 amide bonds. The molecule has 2 aromatic heterocycles. The Kier molecular flexibility index (Phi) is 4.42. The van der Waals surface area contributed by atoms with Gasteiger partial charge >= 0.3 is 0 Å². The van der Waals surface area contributed by atoms with Crippen molar-refractivity contribution in [3.8, 4) is 0 Å². The summed E-state index contributed by atoms with van der Waals surface area (Å²) in [7, 11) is -3.59. The zero-order valence-corrected chi connectivity index (χ0v) is 14.5. The molecule has 23 heavy (non-hydrogen) atoms. The van der Waals surface area contributed by atoms with Gasteiger partial charge in [-0.3, -0.25) is 4.68 Å². The van der Waals surface area contributed by atoms with E-state index in [0.717, 1.165) is 23.1 Å². The van der Waals surface area contributed by atoms with Gasteiger partial charge in [-0.15, -0.1) is 0 Å². The van der Waals surface area contributed by atoms with E-state index in [2.05, 4.69) is 18.6 Å². The zero-order valence-electron chi connectivity index (χ0n) is 12.9. The van der Waals surface area contributed by atoms with Crippen LogP contribution >= 0.6 is 11.7 Å². The van der Waals surface area contributed by atoms with Crippen molar-refractivity contribution in [1.29, 1.82) is 0 Å². The third kappa shape index (κ3) is 3.41. The van der Waals surface area contributed by atoms with Crippen LogP contribution in [-0.4, -0.2) is 33.5 Å². The first-order chi connectivity index (χ1) is 11.0. The van der Waals surface area contributed by atoms with Crippen LogP contribution in [0.3, 0.4) is 0 Å². The Hall–Kier alpha value is -1.84. The van der Waals surface area contributed by atoms with Crippen LogP contribution in [0.15, 0.2) is 29.2 Å². The van der Waals surface area contributed by atoms with Crippen molar-refractivity contribution in [1.82, 2.24) is 23.2 Å². The average Bonchev–Trinajstić information content (AvgIpc) is 3.09. The van der Waals surface area contributed by atoms with E-state index in [1.807, 2.05) is 24.6 Å². The number of nitrogens with one attached hydrogen (secondary N) is 1. The third-order valence-corrected chi connectivity index (χ3v) is 5.52. The highest BCUT2D eigenvalue weighted by Gasteiger charge is 2.18. The maximum absolute atomic E-state index is 12.4. The minimum absolute atomic E-state index is 0.176. The molecule has 0 saturated heterocycles. The number of hydrogen-bond acceptors (Lipinski definition) is 6. The first-order valence-corrected chi connectivity index (χ1v) is 9.41. The summed E-state index contributed by atoms with van der Waals surface area (Å²) in [4.78, 5) is 0.176. The number of sulfonamides is 1. The second-order valence-corrected chi connectivity index (χ2v) is 7.55. The summed E-state index contributed by atoms with van der Waals surface area (Å²) in [6.07, 6.45) is 0.659. The molecule has 2 heterocycles. The average molecular weight is 351 g/mol. The standard InChI is InChI=1S/C14H17N5O2S2/c1-10-9-11(2)19(16-10)8-4-7-15-23(20,21)13-6-3-5-12-14(13)18-22-17-12/h3,5-6,9,15H,4,7-8H2,1-2H3. The molecular formula is C14H17N5O2S2. The smallest absolute Gasteiger partial charge is 0.242 e. The molecule has 0 spiro atoms. The molecule has 3 aromatic rings. The van der Waals surface area contributed by atoms with E-state index in [4.69, 9.17) is 0 Å². The third-order valence-electron chi connectivity index (χ3n) is 3.48. The Morgan fingerprint density at radius 2 is 2.09 bits per heavy atom. The fraction of sp³-hybridized carbons (Fsp3) is 0.357.